The zero-order valence-corrected chi connectivity index (χ0v) is 8.36. The number of rotatable bonds is 2. The molecular weight excluding hydrogens is 174 g/mol. The van der Waals surface area contributed by atoms with Gasteiger partial charge in [-0.15, -0.1) is 0 Å². The average molecular weight is 189 g/mol. The molecule has 1 aromatic carbocycles. The first-order valence-corrected chi connectivity index (χ1v) is 4.84. The number of ether oxygens (including phenoxy) is 1. The van der Waals surface area contributed by atoms with Gasteiger partial charge in [0.15, 0.2) is 0 Å². The number of nitrogens with two attached hydrogens (primary N) is 1. The van der Waals surface area contributed by atoms with Crippen molar-refractivity contribution in [2.75, 3.05) is 0 Å². The Bertz CT molecular complexity index is 334. The molecule has 1 aliphatic heterocycles. The summed E-state index contributed by atoms with van der Waals surface area (Å²) >= 11 is 0. The molecule has 74 valence electrons. The molecule has 1 heterocycles. The minimum Gasteiger partial charge on any atom is -0.488 e. The summed E-state index contributed by atoms with van der Waals surface area (Å²) in [6.45, 7) is 5.80. The van der Waals surface area contributed by atoms with Crippen LogP contribution in [0, 0.1) is 0 Å². The predicted molar refractivity (Wildman–Crippen MR) is 57.4 cm³/mol. The van der Waals surface area contributed by atoms with Crippen LogP contribution in [-0.4, -0.2) is 12.1 Å². The van der Waals surface area contributed by atoms with Gasteiger partial charge in [-0.2, -0.15) is 0 Å². The van der Waals surface area contributed by atoms with Crippen LogP contribution in [0.1, 0.15) is 12.5 Å². The summed E-state index contributed by atoms with van der Waals surface area (Å²) < 4.78 is 5.74. The van der Waals surface area contributed by atoms with Gasteiger partial charge in [0.25, 0.3) is 0 Å². The first-order chi connectivity index (χ1) is 6.68. The van der Waals surface area contributed by atoms with Crippen LogP contribution >= 0.6 is 0 Å². The highest BCUT2D eigenvalue weighted by Gasteiger charge is 2.27. The molecule has 1 aromatic rings. The van der Waals surface area contributed by atoms with Crippen molar-refractivity contribution < 1.29 is 4.74 Å². The van der Waals surface area contributed by atoms with Crippen LogP contribution in [0.4, 0.5) is 0 Å². The lowest BCUT2D eigenvalue weighted by atomic mass is 10.0. The highest BCUT2D eigenvalue weighted by Crippen LogP contribution is 2.29. The lowest BCUT2D eigenvalue weighted by Crippen LogP contribution is -2.38. The van der Waals surface area contributed by atoms with E-state index in [4.69, 9.17) is 10.5 Å². The maximum absolute atomic E-state index is 5.98. The van der Waals surface area contributed by atoms with Crippen LogP contribution in [0.2, 0.25) is 0 Å². The van der Waals surface area contributed by atoms with Crippen LogP contribution in [0.25, 0.3) is 0 Å². The Balaban J connectivity index is 2.15. The molecule has 0 radical (unpaired) electrons. The van der Waals surface area contributed by atoms with E-state index in [9.17, 15) is 0 Å². The van der Waals surface area contributed by atoms with E-state index in [0.29, 0.717) is 0 Å². The van der Waals surface area contributed by atoms with E-state index in [1.165, 1.54) is 5.56 Å². The third-order valence-electron chi connectivity index (χ3n) is 2.64. The number of benzene rings is 1. The number of hydrogen-bond acceptors (Lipinski definition) is 2. The topological polar surface area (TPSA) is 35.2 Å². The second-order valence-corrected chi connectivity index (χ2v) is 3.84. The summed E-state index contributed by atoms with van der Waals surface area (Å²) in [4.78, 5) is 0. The average Bonchev–Trinajstić information content (AvgIpc) is 2.59. The second-order valence-electron chi connectivity index (χ2n) is 3.84. The first kappa shape index (κ1) is 9.28. The van der Waals surface area contributed by atoms with Crippen LogP contribution in [0.3, 0.4) is 0 Å². The molecule has 0 spiro atoms. The lowest BCUT2D eigenvalue weighted by Gasteiger charge is -2.18. The van der Waals surface area contributed by atoms with Crippen molar-refractivity contribution >= 4 is 0 Å². The van der Waals surface area contributed by atoms with E-state index < -0.39 is 0 Å². The quantitative estimate of drug-likeness (QED) is 0.721. The molecule has 2 unspecified atom stereocenters. The maximum Gasteiger partial charge on any atom is 0.123 e. The Morgan fingerprint density at radius 3 is 2.93 bits per heavy atom. The Morgan fingerprint density at radius 1 is 1.57 bits per heavy atom. The lowest BCUT2D eigenvalue weighted by molar-refractivity contribution is 0.212. The molecular formula is C12H15NO. The molecule has 0 aliphatic carbocycles. The molecule has 0 saturated carbocycles. The van der Waals surface area contributed by atoms with E-state index in [0.717, 1.165) is 17.7 Å². The smallest absolute Gasteiger partial charge is 0.123 e. The van der Waals surface area contributed by atoms with Crippen molar-refractivity contribution in [1.29, 1.82) is 0 Å². The minimum atomic E-state index is -0.0672. The predicted octanol–water partition coefficient (Wildman–Crippen LogP) is 1.89. The van der Waals surface area contributed by atoms with Gasteiger partial charge in [0.05, 0.1) is 6.04 Å². The van der Waals surface area contributed by atoms with Crippen molar-refractivity contribution in [1.82, 2.24) is 0 Å². The normalized spacial score (nSPS) is 21.1. The van der Waals surface area contributed by atoms with Gasteiger partial charge in [-0.05, 0) is 18.6 Å². The van der Waals surface area contributed by atoms with Crippen molar-refractivity contribution in [3.05, 3.63) is 42.0 Å². The van der Waals surface area contributed by atoms with Gasteiger partial charge in [0.2, 0.25) is 0 Å². The second kappa shape index (κ2) is 3.46. The molecule has 2 N–H and O–H groups in total. The third-order valence-corrected chi connectivity index (χ3v) is 2.64. The molecule has 1 aliphatic rings. The van der Waals surface area contributed by atoms with Crippen molar-refractivity contribution in [3.63, 3.8) is 0 Å². The van der Waals surface area contributed by atoms with Gasteiger partial charge in [-0.1, -0.05) is 30.4 Å². The maximum atomic E-state index is 5.98. The minimum absolute atomic E-state index is 0.0601. The van der Waals surface area contributed by atoms with Gasteiger partial charge in [-0.25, -0.2) is 0 Å². The van der Waals surface area contributed by atoms with Crippen LogP contribution < -0.4 is 10.5 Å². The van der Waals surface area contributed by atoms with Gasteiger partial charge in [0.1, 0.15) is 11.9 Å². The molecule has 0 saturated heterocycles. The summed E-state index contributed by atoms with van der Waals surface area (Å²) in [5.41, 5.74) is 8.20. The largest absolute Gasteiger partial charge is 0.488 e. The zero-order chi connectivity index (χ0) is 10.1. The van der Waals surface area contributed by atoms with Crippen LogP contribution in [0.15, 0.2) is 36.4 Å². The summed E-state index contributed by atoms with van der Waals surface area (Å²) in [6.07, 6.45) is 0.953. The standard InChI is InChI=1S/C12H15NO/c1-8(2)12(13)11-7-9-5-3-4-6-10(9)14-11/h3-6,11-12H,1,7,13H2,2H3. The molecule has 0 amide bonds. The van der Waals surface area contributed by atoms with Crippen LogP contribution in [0.5, 0.6) is 5.75 Å². The number of para-hydroxylation sites is 1. The molecule has 14 heavy (non-hydrogen) atoms. The number of fused-ring (bicyclic) bond motifs is 1. The SMILES string of the molecule is C=C(C)C(N)C1Cc2ccccc2O1. The van der Waals surface area contributed by atoms with E-state index in [-0.39, 0.29) is 12.1 Å². The van der Waals surface area contributed by atoms with Gasteiger partial charge >= 0.3 is 0 Å². The fraction of sp³-hybridized carbons (Fsp3) is 0.333. The summed E-state index contributed by atoms with van der Waals surface area (Å²) in [5, 5.41) is 0. The third kappa shape index (κ3) is 1.53. The molecule has 0 aromatic heterocycles. The monoisotopic (exact) mass is 189 g/mol. The van der Waals surface area contributed by atoms with E-state index in [1.807, 2.05) is 25.1 Å². The summed E-state index contributed by atoms with van der Waals surface area (Å²) in [6, 6.07) is 8.01. The fourth-order valence-corrected chi connectivity index (χ4v) is 1.73. The van der Waals surface area contributed by atoms with E-state index in [1.54, 1.807) is 0 Å². The van der Waals surface area contributed by atoms with Crippen LogP contribution in [-0.2, 0) is 6.42 Å². The van der Waals surface area contributed by atoms with Gasteiger partial charge in [-0.3, -0.25) is 0 Å². The van der Waals surface area contributed by atoms with Gasteiger partial charge in [0, 0.05) is 6.42 Å². The Hall–Kier alpha value is -1.28. The van der Waals surface area contributed by atoms with Crippen molar-refractivity contribution in [2.45, 2.75) is 25.5 Å². The highest BCUT2D eigenvalue weighted by atomic mass is 16.5. The highest BCUT2D eigenvalue weighted by molar-refractivity contribution is 5.38. The number of hydrogen-bond donors (Lipinski definition) is 1. The molecule has 2 heteroatoms. The Kier molecular flexibility index (Phi) is 2.30. The molecule has 2 atom stereocenters. The summed E-state index contributed by atoms with van der Waals surface area (Å²) in [7, 11) is 0. The van der Waals surface area contributed by atoms with E-state index in [2.05, 4.69) is 12.6 Å². The Morgan fingerprint density at radius 2 is 2.29 bits per heavy atom. The molecule has 2 nitrogen and oxygen atoms in total. The first-order valence-electron chi connectivity index (χ1n) is 4.84. The molecule has 0 fully saturated rings. The summed E-state index contributed by atoms with van der Waals surface area (Å²) in [5.74, 6) is 0.967. The van der Waals surface area contributed by atoms with Gasteiger partial charge < -0.3 is 10.5 Å². The fourth-order valence-electron chi connectivity index (χ4n) is 1.73. The molecule has 0 bridgehead atoms. The van der Waals surface area contributed by atoms with Crippen molar-refractivity contribution in [3.8, 4) is 5.75 Å². The van der Waals surface area contributed by atoms with E-state index >= 15 is 0 Å². The Labute approximate surface area is 84.4 Å². The van der Waals surface area contributed by atoms with Crippen molar-refractivity contribution in [2.24, 2.45) is 5.73 Å². The molecule has 2 rings (SSSR count). The zero-order valence-electron chi connectivity index (χ0n) is 8.36.